The van der Waals surface area contributed by atoms with E-state index in [0.717, 1.165) is 5.56 Å². The van der Waals surface area contributed by atoms with Crippen molar-refractivity contribution in [2.45, 2.75) is 19.8 Å². The molecular formula is C15H15BrO5. The van der Waals surface area contributed by atoms with Crippen LogP contribution < -0.4 is 4.74 Å². The number of ether oxygens (including phenoxy) is 2. The molecule has 0 spiro atoms. The third-order valence-electron chi connectivity index (χ3n) is 3.47. The smallest absolute Gasteiger partial charge is 0.375 e. The van der Waals surface area contributed by atoms with Crippen LogP contribution in [0.15, 0.2) is 16.6 Å². The van der Waals surface area contributed by atoms with E-state index in [2.05, 4.69) is 15.9 Å². The summed E-state index contributed by atoms with van der Waals surface area (Å²) in [6, 6.07) is 3.57. The zero-order valence-corrected chi connectivity index (χ0v) is 13.4. The molecule has 1 atom stereocenters. The van der Waals surface area contributed by atoms with E-state index < -0.39 is 17.7 Å². The van der Waals surface area contributed by atoms with Crippen LogP contribution in [0.1, 0.15) is 29.3 Å². The minimum Gasteiger partial charge on any atom is -0.496 e. The molecule has 2 rings (SSSR count). The van der Waals surface area contributed by atoms with Gasteiger partial charge < -0.3 is 9.47 Å². The molecule has 0 saturated carbocycles. The number of carbonyl (C=O) groups excluding carboxylic acids is 3. The summed E-state index contributed by atoms with van der Waals surface area (Å²) in [6.07, 6.45) is 0.877. The van der Waals surface area contributed by atoms with Gasteiger partial charge in [-0.3, -0.25) is 9.59 Å². The Morgan fingerprint density at radius 1 is 1.38 bits per heavy atom. The van der Waals surface area contributed by atoms with Gasteiger partial charge in [-0.15, -0.1) is 0 Å². The lowest BCUT2D eigenvalue weighted by molar-refractivity contribution is -0.154. The van der Waals surface area contributed by atoms with Crippen molar-refractivity contribution in [3.63, 3.8) is 0 Å². The van der Waals surface area contributed by atoms with Crippen LogP contribution in [0.25, 0.3) is 0 Å². The van der Waals surface area contributed by atoms with Crippen molar-refractivity contribution in [2.24, 2.45) is 5.92 Å². The Hall–Kier alpha value is -1.69. The third kappa shape index (κ3) is 2.85. The molecule has 6 heteroatoms. The molecule has 112 valence electrons. The molecule has 1 aliphatic carbocycles. The maximum Gasteiger partial charge on any atom is 0.375 e. The van der Waals surface area contributed by atoms with Crippen LogP contribution in [-0.2, 0) is 20.7 Å². The van der Waals surface area contributed by atoms with Crippen LogP contribution in [0.5, 0.6) is 5.75 Å². The van der Waals surface area contributed by atoms with E-state index in [9.17, 15) is 14.4 Å². The van der Waals surface area contributed by atoms with Crippen LogP contribution in [0, 0.1) is 5.92 Å². The Balaban J connectivity index is 2.36. The standard InChI is InChI=1S/C15H15BrO5/c1-3-21-15(19)14(18)9-6-4-8-5-7-10(20-2)12(16)11(8)13(9)17/h5,7,9H,3-4,6H2,1-2H3. The first-order valence-corrected chi connectivity index (χ1v) is 7.41. The van der Waals surface area contributed by atoms with Gasteiger partial charge in [0.05, 0.1) is 24.1 Å². The van der Waals surface area contributed by atoms with E-state index in [1.165, 1.54) is 7.11 Å². The lowest BCUT2D eigenvalue weighted by atomic mass is 9.80. The minimum atomic E-state index is -0.972. The van der Waals surface area contributed by atoms with E-state index >= 15 is 0 Å². The Morgan fingerprint density at radius 2 is 2.10 bits per heavy atom. The van der Waals surface area contributed by atoms with Gasteiger partial charge >= 0.3 is 5.97 Å². The number of esters is 1. The van der Waals surface area contributed by atoms with Crippen molar-refractivity contribution in [1.82, 2.24) is 0 Å². The topological polar surface area (TPSA) is 69.7 Å². The summed E-state index contributed by atoms with van der Waals surface area (Å²) in [5, 5.41) is 0. The monoisotopic (exact) mass is 354 g/mol. The van der Waals surface area contributed by atoms with Crippen molar-refractivity contribution in [3.8, 4) is 5.75 Å². The Kier molecular flexibility index (Phi) is 4.77. The van der Waals surface area contributed by atoms with E-state index in [4.69, 9.17) is 9.47 Å². The quantitative estimate of drug-likeness (QED) is 0.471. The fourth-order valence-corrected chi connectivity index (χ4v) is 3.17. The fourth-order valence-electron chi connectivity index (χ4n) is 2.43. The van der Waals surface area contributed by atoms with E-state index in [-0.39, 0.29) is 12.4 Å². The first-order valence-electron chi connectivity index (χ1n) is 6.61. The summed E-state index contributed by atoms with van der Waals surface area (Å²) in [7, 11) is 1.50. The van der Waals surface area contributed by atoms with Gasteiger partial charge in [0, 0.05) is 5.56 Å². The van der Waals surface area contributed by atoms with Gasteiger partial charge in [-0.2, -0.15) is 0 Å². The molecule has 0 saturated heterocycles. The Bertz CT molecular complexity index is 608. The summed E-state index contributed by atoms with van der Waals surface area (Å²) in [5.74, 6) is -2.54. The van der Waals surface area contributed by atoms with Gasteiger partial charge in [0.2, 0.25) is 0 Å². The average Bonchev–Trinajstić information content (AvgIpc) is 2.47. The Labute approximate surface area is 130 Å². The number of carbonyl (C=O) groups is 3. The number of benzene rings is 1. The normalized spacial score (nSPS) is 17.1. The lowest BCUT2D eigenvalue weighted by Gasteiger charge is -2.23. The molecule has 0 radical (unpaired) electrons. The molecule has 0 bridgehead atoms. The number of hydrogen-bond donors (Lipinski definition) is 0. The Morgan fingerprint density at radius 3 is 2.71 bits per heavy atom. The highest BCUT2D eigenvalue weighted by atomic mass is 79.9. The lowest BCUT2D eigenvalue weighted by Crippen LogP contribution is -2.35. The first-order chi connectivity index (χ1) is 10.0. The zero-order chi connectivity index (χ0) is 15.6. The summed E-state index contributed by atoms with van der Waals surface area (Å²) >= 11 is 3.34. The van der Waals surface area contributed by atoms with Gasteiger partial charge in [-0.25, -0.2) is 4.79 Å². The number of halogens is 1. The van der Waals surface area contributed by atoms with E-state index in [1.54, 1.807) is 13.0 Å². The fraction of sp³-hybridized carbons (Fsp3) is 0.400. The highest BCUT2D eigenvalue weighted by molar-refractivity contribution is 9.10. The number of rotatable bonds is 4. The van der Waals surface area contributed by atoms with Gasteiger partial charge in [0.15, 0.2) is 5.78 Å². The predicted molar refractivity (Wildman–Crippen MR) is 78.5 cm³/mol. The number of hydrogen-bond acceptors (Lipinski definition) is 5. The molecular weight excluding hydrogens is 340 g/mol. The van der Waals surface area contributed by atoms with Gasteiger partial charge in [-0.1, -0.05) is 6.07 Å². The summed E-state index contributed by atoms with van der Waals surface area (Å²) in [5.41, 5.74) is 1.27. The van der Waals surface area contributed by atoms with Crippen molar-refractivity contribution in [2.75, 3.05) is 13.7 Å². The molecule has 0 aromatic heterocycles. The van der Waals surface area contributed by atoms with Crippen LogP contribution >= 0.6 is 15.9 Å². The third-order valence-corrected chi connectivity index (χ3v) is 4.26. The zero-order valence-electron chi connectivity index (χ0n) is 11.8. The van der Waals surface area contributed by atoms with Crippen LogP contribution in [0.2, 0.25) is 0 Å². The molecule has 1 aliphatic rings. The second-order valence-corrected chi connectivity index (χ2v) is 5.45. The summed E-state index contributed by atoms with van der Waals surface area (Å²) in [6.45, 7) is 1.73. The van der Waals surface area contributed by atoms with Crippen LogP contribution in [0.4, 0.5) is 0 Å². The summed E-state index contributed by atoms with van der Waals surface area (Å²) < 4.78 is 10.4. The molecule has 1 unspecified atom stereocenters. The minimum absolute atomic E-state index is 0.111. The van der Waals surface area contributed by atoms with Gasteiger partial charge in [0.25, 0.3) is 5.78 Å². The molecule has 1 aromatic rings. The van der Waals surface area contributed by atoms with Gasteiger partial charge in [-0.05, 0) is 47.3 Å². The van der Waals surface area contributed by atoms with Gasteiger partial charge in [0.1, 0.15) is 5.75 Å². The molecule has 0 fully saturated rings. The van der Waals surface area contributed by atoms with Crippen molar-refractivity contribution >= 4 is 33.5 Å². The molecule has 21 heavy (non-hydrogen) atoms. The maximum atomic E-state index is 12.5. The van der Waals surface area contributed by atoms with Crippen molar-refractivity contribution in [3.05, 3.63) is 27.7 Å². The highest BCUT2D eigenvalue weighted by Gasteiger charge is 2.38. The SMILES string of the molecule is CCOC(=O)C(=O)C1CCc2ccc(OC)c(Br)c2C1=O. The average molecular weight is 355 g/mol. The van der Waals surface area contributed by atoms with E-state index in [1.807, 2.05) is 6.07 Å². The number of aryl methyl sites for hydroxylation is 1. The maximum absolute atomic E-state index is 12.5. The van der Waals surface area contributed by atoms with Crippen molar-refractivity contribution in [1.29, 1.82) is 0 Å². The summed E-state index contributed by atoms with van der Waals surface area (Å²) in [4.78, 5) is 36.1. The highest BCUT2D eigenvalue weighted by Crippen LogP contribution is 2.37. The molecule has 1 aromatic carbocycles. The molecule has 0 heterocycles. The first kappa shape index (κ1) is 15.7. The molecule has 5 nitrogen and oxygen atoms in total. The second kappa shape index (κ2) is 6.39. The molecule has 0 aliphatic heterocycles. The predicted octanol–water partition coefficient (Wildman–Crippen LogP) is 2.33. The number of Topliss-reactive ketones (excluding diaryl/α,β-unsaturated/α-hetero) is 2. The van der Waals surface area contributed by atoms with Crippen molar-refractivity contribution < 1.29 is 23.9 Å². The largest absolute Gasteiger partial charge is 0.496 e. The van der Waals surface area contributed by atoms with Crippen LogP contribution in [0.3, 0.4) is 0 Å². The molecule has 0 N–H and O–H groups in total. The number of fused-ring (bicyclic) bond motifs is 1. The second-order valence-electron chi connectivity index (χ2n) is 4.66. The molecule has 0 amide bonds. The van der Waals surface area contributed by atoms with Crippen LogP contribution in [-0.4, -0.2) is 31.3 Å². The van der Waals surface area contributed by atoms with E-state index in [0.29, 0.717) is 28.6 Å². The number of ketones is 2. The number of methoxy groups -OCH3 is 1.